The number of halogens is 1. The van der Waals surface area contributed by atoms with Crippen molar-refractivity contribution in [3.8, 4) is 11.5 Å². The summed E-state index contributed by atoms with van der Waals surface area (Å²) in [7, 11) is 3.40. The number of ether oxygens (including phenoxy) is 3. The van der Waals surface area contributed by atoms with Gasteiger partial charge in [-0.25, -0.2) is 0 Å². The summed E-state index contributed by atoms with van der Waals surface area (Å²) in [6.07, 6.45) is 0.861. The first-order valence-electron chi connectivity index (χ1n) is 11.3. The Hall–Kier alpha value is -2.04. The number of para-hydroxylation sites is 1. The maximum Gasteiger partial charge on any atom is 0.191 e. The van der Waals surface area contributed by atoms with Crippen LogP contribution in [0.25, 0.3) is 0 Å². The topological polar surface area (TPSA) is 67.4 Å². The number of nitrogens with one attached hydrogen (secondary N) is 2. The molecule has 1 unspecified atom stereocenters. The van der Waals surface area contributed by atoms with Crippen LogP contribution in [0.3, 0.4) is 0 Å². The number of guanidine groups is 1. The minimum absolute atomic E-state index is 0. The smallest absolute Gasteiger partial charge is 0.191 e. The number of benzene rings is 2. The summed E-state index contributed by atoms with van der Waals surface area (Å²) in [5.41, 5.74) is 2.42. The molecule has 0 bridgehead atoms. The highest BCUT2D eigenvalue weighted by Gasteiger charge is 2.22. The zero-order valence-electron chi connectivity index (χ0n) is 19.9. The molecule has 0 radical (unpaired) electrons. The number of methoxy groups -OCH3 is 2. The zero-order valence-corrected chi connectivity index (χ0v) is 22.2. The standard InChI is InChI=1S/C25H36N4O3.HI/c1-4-26-25(27-14-13-21-7-5-6-8-24(21)31-3)28-19-23(29-15-17-32-18-16-29)20-9-11-22(30-2)12-10-20;/h5-12,23H,4,13-19H2,1-3H3,(H2,26,27,28);1H. The van der Waals surface area contributed by atoms with Crippen LogP contribution < -0.4 is 20.1 Å². The Labute approximate surface area is 214 Å². The van der Waals surface area contributed by atoms with Gasteiger partial charge in [-0.2, -0.15) is 0 Å². The summed E-state index contributed by atoms with van der Waals surface area (Å²) >= 11 is 0. The van der Waals surface area contributed by atoms with E-state index in [-0.39, 0.29) is 30.0 Å². The lowest BCUT2D eigenvalue weighted by Crippen LogP contribution is -2.42. The van der Waals surface area contributed by atoms with E-state index in [9.17, 15) is 0 Å². The number of hydrogen-bond donors (Lipinski definition) is 2. The van der Waals surface area contributed by atoms with Gasteiger partial charge >= 0.3 is 0 Å². The van der Waals surface area contributed by atoms with Crippen molar-refractivity contribution in [2.75, 3.05) is 60.2 Å². The monoisotopic (exact) mass is 568 g/mol. The molecule has 7 nitrogen and oxygen atoms in total. The van der Waals surface area contributed by atoms with Crippen LogP contribution in [0.1, 0.15) is 24.1 Å². The molecule has 2 aromatic carbocycles. The molecule has 1 atom stereocenters. The van der Waals surface area contributed by atoms with Crippen LogP contribution >= 0.6 is 24.0 Å². The van der Waals surface area contributed by atoms with E-state index >= 15 is 0 Å². The first-order valence-corrected chi connectivity index (χ1v) is 11.3. The van der Waals surface area contributed by atoms with Gasteiger partial charge in [0.1, 0.15) is 11.5 Å². The molecule has 0 spiro atoms. The van der Waals surface area contributed by atoms with Gasteiger partial charge in [0.15, 0.2) is 5.96 Å². The van der Waals surface area contributed by atoms with E-state index in [1.165, 1.54) is 11.1 Å². The summed E-state index contributed by atoms with van der Waals surface area (Å²) in [5, 5.41) is 6.84. The second-order valence-corrected chi connectivity index (χ2v) is 7.65. The first kappa shape index (κ1) is 27.2. The van der Waals surface area contributed by atoms with Crippen LogP contribution in [0.15, 0.2) is 53.5 Å². The molecule has 8 heteroatoms. The third-order valence-corrected chi connectivity index (χ3v) is 5.63. The van der Waals surface area contributed by atoms with E-state index in [2.05, 4.69) is 40.7 Å². The van der Waals surface area contributed by atoms with Gasteiger partial charge in [-0.05, 0) is 42.7 Å². The molecule has 2 aromatic rings. The Kier molecular flexibility index (Phi) is 12.3. The minimum atomic E-state index is 0. The average molecular weight is 569 g/mol. The molecule has 0 aliphatic carbocycles. The van der Waals surface area contributed by atoms with Crippen molar-refractivity contribution in [3.63, 3.8) is 0 Å². The molecular formula is C25H37IN4O3. The second kappa shape index (κ2) is 15.0. The molecule has 3 rings (SSSR count). The van der Waals surface area contributed by atoms with Gasteiger partial charge in [-0.1, -0.05) is 30.3 Å². The highest BCUT2D eigenvalue weighted by atomic mass is 127. The molecule has 0 saturated carbocycles. The summed E-state index contributed by atoms with van der Waals surface area (Å²) in [6, 6.07) is 16.6. The normalized spacial score (nSPS) is 15.3. The number of morpholine rings is 1. The Bertz CT molecular complexity index is 842. The number of hydrogen-bond acceptors (Lipinski definition) is 5. The van der Waals surface area contributed by atoms with E-state index in [4.69, 9.17) is 19.2 Å². The maximum absolute atomic E-state index is 5.57. The molecule has 182 valence electrons. The van der Waals surface area contributed by atoms with Crippen molar-refractivity contribution in [1.82, 2.24) is 15.5 Å². The van der Waals surface area contributed by atoms with Gasteiger partial charge in [0, 0.05) is 26.2 Å². The number of nitrogens with zero attached hydrogens (tertiary/aromatic N) is 2. The Morgan fingerprint density at radius 2 is 1.76 bits per heavy atom. The predicted molar refractivity (Wildman–Crippen MR) is 144 cm³/mol. The van der Waals surface area contributed by atoms with Crippen LogP contribution in [0, 0.1) is 0 Å². The molecule has 0 amide bonds. The van der Waals surface area contributed by atoms with Crippen LogP contribution in [0.4, 0.5) is 0 Å². The van der Waals surface area contributed by atoms with Gasteiger partial charge in [0.05, 0.1) is 40.0 Å². The van der Waals surface area contributed by atoms with E-state index in [1.807, 2.05) is 30.3 Å². The highest BCUT2D eigenvalue weighted by molar-refractivity contribution is 14.0. The predicted octanol–water partition coefficient (Wildman–Crippen LogP) is 3.49. The van der Waals surface area contributed by atoms with Crippen molar-refractivity contribution in [1.29, 1.82) is 0 Å². The van der Waals surface area contributed by atoms with E-state index in [0.29, 0.717) is 6.54 Å². The van der Waals surface area contributed by atoms with Crippen LogP contribution in [0.5, 0.6) is 11.5 Å². The molecule has 33 heavy (non-hydrogen) atoms. The van der Waals surface area contributed by atoms with Gasteiger partial charge < -0.3 is 24.8 Å². The Morgan fingerprint density at radius 3 is 2.42 bits per heavy atom. The first-order chi connectivity index (χ1) is 15.7. The Balaban J connectivity index is 0.00000385. The van der Waals surface area contributed by atoms with Gasteiger partial charge in [-0.15, -0.1) is 24.0 Å². The summed E-state index contributed by atoms with van der Waals surface area (Å²) in [5.74, 6) is 2.61. The van der Waals surface area contributed by atoms with Crippen molar-refractivity contribution in [2.45, 2.75) is 19.4 Å². The highest BCUT2D eigenvalue weighted by Crippen LogP contribution is 2.24. The van der Waals surface area contributed by atoms with Crippen LogP contribution in [-0.2, 0) is 11.2 Å². The minimum Gasteiger partial charge on any atom is -0.497 e. The lowest BCUT2D eigenvalue weighted by Gasteiger charge is -2.34. The molecule has 1 saturated heterocycles. The van der Waals surface area contributed by atoms with E-state index in [1.54, 1.807) is 14.2 Å². The average Bonchev–Trinajstić information content (AvgIpc) is 2.85. The summed E-state index contributed by atoms with van der Waals surface area (Å²) < 4.78 is 16.4. The molecule has 1 fully saturated rings. The molecule has 1 aliphatic rings. The lowest BCUT2D eigenvalue weighted by atomic mass is 10.0. The van der Waals surface area contributed by atoms with Crippen molar-refractivity contribution in [3.05, 3.63) is 59.7 Å². The summed E-state index contributed by atoms with van der Waals surface area (Å²) in [6.45, 7) is 7.66. The summed E-state index contributed by atoms with van der Waals surface area (Å²) in [4.78, 5) is 7.38. The van der Waals surface area contributed by atoms with Crippen molar-refractivity contribution in [2.24, 2.45) is 4.99 Å². The van der Waals surface area contributed by atoms with Crippen LogP contribution in [-0.4, -0.2) is 71.0 Å². The van der Waals surface area contributed by atoms with Crippen molar-refractivity contribution >= 4 is 29.9 Å². The fourth-order valence-corrected chi connectivity index (χ4v) is 3.89. The lowest BCUT2D eigenvalue weighted by molar-refractivity contribution is 0.0179. The molecule has 2 N–H and O–H groups in total. The van der Waals surface area contributed by atoms with E-state index < -0.39 is 0 Å². The molecular weight excluding hydrogens is 531 g/mol. The number of aliphatic imine (C=N–C) groups is 1. The fraction of sp³-hybridized carbons (Fsp3) is 0.480. The third kappa shape index (κ3) is 8.35. The van der Waals surface area contributed by atoms with Crippen LogP contribution in [0.2, 0.25) is 0 Å². The SMILES string of the molecule is CCNC(=NCC(c1ccc(OC)cc1)N1CCOCC1)NCCc1ccccc1OC.I. The fourth-order valence-electron chi connectivity index (χ4n) is 3.89. The third-order valence-electron chi connectivity index (χ3n) is 5.63. The Morgan fingerprint density at radius 1 is 1.03 bits per heavy atom. The molecule has 0 aromatic heterocycles. The van der Waals surface area contributed by atoms with Gasteiger partial charge in [-0.3, -0.25) is 9.89 Å². The van der Waals surface area contributed by atoms with Crippen molar-refractivity contribution < 1.29 is 14.2 Å². The second-order valence-electron chi connectivity index (χ2n) is 7.65. The zero-order chi connectivity index (χ0) is 22.6. The van der Waals surface area contributed by atoms with E-state index in [0.717, 1.165) is 63.3 Å². The largest absolute Gasteiger partial charge is 0.497 e. The number of rotatable bonds is 10. The maximum atomic E-state index is 5.57. The quantitative estimate of drug-likeness (QED) is 0.260. The molecule has 1 heterocycles. The molecule has 1 aliphatic heterocycles. The van der Waals surface area contributed by atoms with Gasteiger partial charge in [0.2, 0.25) is 0 Å². The van der Waals surface area contributed by atoms with Gasteiger partial charge in [0.25, 0.3) is 0 Å².